The van der Waals surface area contributed by atoms with E-state index in [0.717, 1.165) is 18.4 Å². The summed E-state index contributed by atoms with van der Waals surface area (Å²) >= 11 is 3.09. The van der Waals surface area contributed by atoms with Crippen molar-refractivity contribution >= 4 is 15.9 Å². The van der Waals surface area contributed by atoms with Gasteiger partial charge in [-0.1, -0.05) is 18.2 Å². The molecule has 104 valence electrons. The summed E-state index contributed by atoms with van der Waals surface area (Å²) in [6.07, 6.45) is 1.56. The quantitative estimate of drug-likeness (QED) is 0.834. The summed E-state index contributed by atoms with van der Waals surface area (Å²) in [4.78, 5) is 0. The van der Waals surface area contributed by atoms with Gasteiger partial charge in [0.15, 0.2) is 0 Å². The molecule has 0 unspecified atom stereocenters. The van der Waals surface area contributed by atoms with Gasteiger partial charge in [0.05, 0.1) is 4.47 Å². The number of nitrogens with one attached hydrogen (secondary N) is 1. The third kappa shape index (κ3) is 4.54. The molecule has 0 saturated heterocycles. The summed E-state index contributed by atoms with van der Waals surface area (Å²) in [7, 11) is 0. The van der Waals surface area contributed by atoms with Crippen LogP contribution in [0.1, 0.15) is 18.4 Å². The normalized spacial score (nSPS) is 16.0. The van der Waals surface area contributed by atoms with Gasteiger partial charge in [-0.3, -0.25) is 0 Å². The van der Waals surface area contributed by atoms with Crippen molar-refractivity contribution in [3.8, 4) is 5.75 Å². The Bertz CT molecular complexity index is 465. The molecule has 1 aliphatic carbocycles. The first-order valence-corrected chi connectivity index (χ1v) is 6.66. The minimum Gasteiger partial charge on any atom is -0.405 e. The molecule has 0 aromatic heterocycles. The molecule has 2 rings (SSSR count). The number of rotatable bonds is 4. The fourth-order valence-electron chi connectivity index (χ4n) is 1.91. The van der Waals surface area contributed by atoms with Gasteiger partial charge in [0.2, 0.25) is 0 Å². The van der Waals surface area contributed by atoms with E-state index in [9.17, 15) is 13.2 Å². The molecule has 0 spiro atoms. The van der Waals surface area contributed by atoms with Crippen LogP contribution in [0.2, 0.25) is 0 Å². The topological polar surface area (TPSA) is 21.3 Å². The van der Waals surface area contributed by atoms with E-state index in [-0.39, 0.29) is 5.75 Å². The molecule has 2 nitrogen and oxygen atoms in total. The van der Waals surface area contributed by atoms with Crippen LogP contribution in [0.15, 0.2) is 34.8 Å². The number of halogens is 4. The fourth-order valence-corrected chi connectivity index (χ4v) is 2.41. The Morgan fingerprint density at radius 2 is 1.95 bits per heavy atom. The highest BCUT2D eigenvalue weighted by molar-refractivity contribution is 9.10. The zero-order valence-electron chi connectivity index (χ0n) is 10.0. The Labute approximate surface area is 117 Å². The third-order valence-electron chi connectivity index (χ3n) is 2.82. The van der Waals surface area contributed by atoms with Gasteiger partial charge in [-0.25, -0.2) is 0 Å². The Kier molecular flexibility index (Phi) is 4.52. The highest BCUT2D eigenvalue weighted by Crippen LogP contribution is 2.31. The number of hydrogen-bond acceptors (Lipinski definition) is 2. The number of ether oxygens (including phenoxy) is 1. The SMILES string of the molecule is FC(F)(F)Oc1ccc(CNC2CC=CC2)cc1Br. The molecule has 6 heteroatoms. The lowest BCUT2D eigenvalue weighted by molar-refractivity contribution is -0.274. The minimum atomic E-state index is -4.67. The van der Waals surface area contributed by atoms with Crippen molar-refractivity contribution in [2.45, 2.75) is 31.8 Å². The van der Waals surface area contributed by atoms with Crippen LogP contribution in [0.5, 0.6) is 5.75 Å². The first-order chi connectivity index (χ1) is 8.94. The van der Waals surface area contributed by atoms with Gasteiger partial charge in [0, 0.05) is 12.6 Å². The number of hydrogen-bond donors (Lipinski definition) is 1. The van der Waals surface area contributed by atoms with Crippen LogP contribution >= 0.6 is 15.9 Å². The maximum Gasteiger partial charge on any atom is 0.573 e. The van der Waals surface area contributed by atoms with Crippen molar-refractivity contribution in [1.82, 2.24) is 5.32 Å². The van der Waals surface area contributed by atoms with Crippen LogP contribution in [0.25, 0.3) is 0 Å². The largest absolute Gasteiger partial charge is 0.573 e. The van der Waals surface area contributed by atoms with E-state index in [4.69, 9.17) is 0 Å². The van der Waals surface area contributed by atoms with Gasteiger partial charge in [-0.05, 0) is 46.5 Å². The lowest BCUT2D eigenvalue weighted by Crippen LogP contribution is -2.25. The predicted octanol–water partition coefficient (Wildman–Crippen LogP) is 4.16. The minimum absolute atomic E-state index is 0.223. The van der Waals surface area contributed by atoms with Crippen molar-refractivity contribution in [3.63, 3.8) is 0 Å². The highest BCUT2D eigenvalue weighted by Gasteiger charge is 2.31. The van der Waals surface area contributed by atoms with E-state index in [1.54, 1.807) is 12.1 Å². The first kappa shape index (κ1) is 14.4. The van der Waals surface area contributed by atoms with Crippen LogP contribution in [-0.2, 0) is 6.54 Å². The molecule has 0 radical (unpaired) electrons. The third-order valence-corrected chi connectivity index (χ3v) is 3.44. The summed E-state index contributed by atoms with van der Waals surface area (Å²) in [5.41, 5.74) is 0.910. The zero-order valence-corrected chi connectivity index (χ0v) is 11.6. The summed E-state index contributed by atoms with van der Waals surface area (Å²) < 4.78 is 40.5. The van der Waals surface area contributed by atoms with Crippen molar-refractivity contribution in [2.75, 3.05) is 0 Å². The molecule has 1 aromatic carbocycles. The van der Waals surface area contributed by atoms with Gasteiger partial charge in [0.25, 0.3) is 0 Å². The standard InChI is InChI=1S/C13H13BrF3NO/c14-11-7-9(8-18-10-3-1-2-4-10)5-6-12(11)19-13(15,16)17/h1-2,5-7,10,18H,3-4,8H2. The van der Waals surface area contributed by atoms with Gasteiger partial charge < -0.3 is 10.1 Å². The summed E-state index contributed by atoms with van der Waals surface area (Å²) in [6, 6.07) is 5.00. The summed E-state index contributed by atoms with van der Waals surface area (Å²) in [5.74, 6) is -0.223. The van der Waals surface area contributed by atoms with E-state index < -0.39 is 6.36 Å². The Morgan fingerprint density at radius 1 is 1.26 bits per heavy atom. The number of benzene rings is 1. The molecule has 0 fully saturated rings. The summed E-state index contributed by atoms with van der Waals surface area (Å²) in [5, 5.41) is 3.35. The van der Waals surface area contributed by atoms with Gasteiger partial charge in [-0.2, -0.15) is 0 Å². The maximum absolute atomic E-state index is 12.1. The van der Waals surface area contributed by atoms with E-state index in [1.165, 1.54) is 6.07 Å². The lowest BCUT2D eigenvalue weighted by atomic mass is 10.2. The van der Waals surface area contributed by atoms with Gasteiger partial charge >= 0.3 is 6.36 Å². The van der Waals surface area contributed by atoms with Crippen molar-refractivity contribution in [3.05, 3.63) is 40.4 Å². The highest BCUT2D eigenvalue weighted by atomic mass is 79.9. The molecular formula is C13H13BrF3NO. The molecule has 1 aliphatic rings. The molecular weight excluding hydrogens is 323 g/mol. The molecule has 0 saturated carbocycles. The smallest absolute Gasteiger partial charge is 0.405 e. The average molecular weight is 336 g/mol. The predicted molar refractivity (Wildman–Crippen MR) is 69.8 cm³/mol. The molecule has 0 aliphatic heterocycles. The van der Waals surface area contributed by atoms with Crippen LogP contribution in [-0.4, -0.2) is 12.4 Å². The van der Waals surface area contributed by atoms with Crippen LogP contribution in [0.3, 0.4) is 0 Å². The average Bonchev–Trinajstić information content (AvgIpc) is 2.81. The molecule has 0 heterocycles. The Morgan fingerprint density at radius 3 is 2.53 bits per heavy atom. The first-order valence-electron chi connectivity index (χ1n) is 5.86. The molecule has 1 aromatic rings. The molecule has 0 atom stereocenters. The fraction of sp³-hybridized carbons (Fsp3) is 0.385. The monoisotopic (exact) mass is 335 g/mol. The van der Waals surface area contributed by atoms with Gasteiger partial charge in [0.1, 0.15) is 5.75 Å². The van der Waals surface area contributed by atoms with E-state index in [0.29, 0.717) is 17.1 Å². The van der Waals surface area contributed by atoms with Crippen molar-refractivity contribution in [1.29, 1.82) is 0 Å². The maximum atomic E-state index is 12.1. The molecule has 1 N–H and O–H groups in total. The van der Waals surface area contributed by atoms with E-state index >= 15 is 0 Å². The molecule has 0 bridgehead atoms. The molecule has 19 heavy (non-hydrogen) atoms. The van der Waals surface area contributed by atoms with E-state index in [1.807, 2.05) is 0 Å². The second-order valence-electron chi connectivity index (χ2n) is 4.33. The van der Waals surface area contributed by atoms with Crippen LogP contribution in [0, 0.1) is 0 Å². The van der Waals surface area contributed by atoms with Gasteiger partial charge in [-0.15, -0.1) is 13.2 Å². The van der Waals surface area contributed by atoms with E-state index in [2.05, 4.69) is 38.1 Å². The number of alkyl halides is 3. The van der Waals surface area contributed by atoms with Crippen LogP contribution < -0.4 is 10.1 Å². The zero-order chi connectivity index (χ0) is 13.9. The van der Waals surface area contributed by atoms with Crippen molar-refractivity contribution in [2.24, 2.45) is 0 Å². The van der Waals surface area contributed by atoms with Crippen molar-refractivity contribution < 1.29 is 17.9 Å². The Balaban J connectivity index is 1.94. The van der Waals surface area contributed by atoms with Crippen LogP contribution in [0.4, 0.5) is 13.2 Å². The Hall–Kier alpha value is -1.01. The second-order valence-corrected chi connectivity index (χ2v) is 5.19. The second kappa shape index (κ2) is 5.96. The lowest BCUT2D eigenvalue weighted by Gasteiger charge is -2.14. The summed E-state index contributed by atoms with van der Waals surface area (Å²) in [6.45, 7) is 0.622. The molecule has 0 amide bonds.